The molecule has 20 heavy (non-hydrogen) atoms. The van der Waals surface area contributed by atoms with Gasteiger partial charge in [0.15, 0.2) is 5.82 Å². The second-order valence-electron chi connectivity index (χ2n) is 4.60. The molecule has 0 saturated heterocycles. The molecule has 5 nitrogen and oxygen atoms in total. The van der Waals surface area contributed by atoms with Gasteiger partial charge in [-0.3, -0.25) is 4.68 Å². The summed E-state index contributed by atoms with van der Waals surface area (Å²) in [6, 6.07) is 10.1. The molecule has 0 aliphatic rings. The molecule has 0 amide bonds. The highest BCUT2D eigenvalue weighted by Crippen LogP contribution is 2.21. The maximum atomic E-state index is 9.40. The summed E-state index contributed by atoms with van der Waals surface area (Å²) in [7, 11) is 3.76. The van der Waals surface area contributed by atoms with Gasteiger partial charge in [0, 0.05) is 25.9 Å². The van der Waals surface area contributed by atoms with Crippen molar-refractivity contribution in [1.29, 1.82) is 5.26 Å². The fourth-order valence-corrected chi connectivity index (χ4v) is 2.21. The van der Waals surface area contributed by atoms with Crippen LogP contribution in [-0.4, -0.2) is 19.3 Å². The molecule has 0 bridgehead atoms. The fraction of sp³-hybridized carbons (Fsp3) is 0.133. The molecule has 2 aromatic heterocycles. The van der Waals surface area contributed by atoms with Gasteiger partial charge in [-0.05, 0) is 18.2 Å². The van der Waals surface area contributed by atoms with Gasteiger partial charge >= 0.3 is 0 Å². The number of nitriles is 1. The molecule has 98 valence electrons. The lowest BCUT2D eigenvalue weighted by atomic mass is 10.2. The predicted octanol–water partition coefficient (Wildman–Crippen LogP) is 2.37. The third-order valence-electron chi connectivity index (χ3n) is 3.18. The van der Waals surface area contributed by atoms with Crippen molar-refractivity contribution in [3.8, 4) is 6.07 Å². The minimum atomic E-state index is 0.525. The van der Waals surface area contributed by atoms with Gasteiger partial charge in [0.2, 0.25) is 0 Å². The lowest BCUT2D eigenvalue weighted by Gasteiger charge is -1.99. The molecule has 0 aliphatic heterocycles. The highest BCUT2D eigenvalue weighted by atomic mass is 15.2. The number of nitrogens with zero attached hydrogens (tertiary/aromatic N) is 5. The molecular formula is C15H13N5. The van der Waals surface area contributed by atoms with Crippen LogP contribution in [0.1, 0.15) is 11.4 Å². The van der Waals surface area contributed by atoms with E-state index in [1.165, 1.54) is 0 Å². The second-order valence-corrected chi connectivity index (χ2v) is 4.60. The number of fused-ring (bicyclic) bond motifs is 1. The van der Waals surface area contributed by atoms with E-state index in [1.54, 1.807) is 17.0 Å². The third-order valence-corrected chi connectivity index (χ3v) is 3.18. The van der Waals surface area contributed by atoms with E-state index in [9.17, 15) is 5.26 Å². The number of para-hydroxylation sites is 2. The summed E-state index contributed by atoms with van der Waals surface area (Å²) in [5.41, 5.74) is 3.31. The molecule has 0 atom stereocenters. The smallest absolute Gasteiger partial charge is 0.151 e. The van der Waals surface area contributed by atoms with Crippen molar-refractivity contribution in [3.63, 3.8) is 0 Å². The van der Waals surface area contributed by atoms with Gasteiger partial charge in [0.05, 0.1) is 22.8 Å². The summed E-state index contributed by atoms with van der Waals surface area (Å²) in [6.07, 6.45) is 5.38. The fourth-order valence-electron chi connectivity index (χ4n) is 2.21. The molecule has 0 fully saturated rings. The summed E-state index contributed by atoms with van der Waals surface area (Å²) in [5, 5.41) is 13.5. The van der Waals surface area contributed by atoms with Gasteiger partial charge in [-0.1, -0.05) is 12.1 Å². The third kappa shape index (κ3) is 1.97. The number of hydrogen-bond acceptors (Lipinski definition) is 3. The molecule has 0 radical (unpaired) electrons. The Morgan fingerprint density at radius 1 is 1.30 bits per heavy atom. The van der Waals surface area contributed by atoms with Gasteiger partial charge in [0.25, 0.3) is 0 Å². The number of imidazole rings is 1. The molecule has 0 aliphatic carbocycles. The molecule has 1 aromatic carbocycles. The van der Waals surface area contributed by atoms with Gasteiger partial charge in [-0.2, -0.15) is 10.4 Å². The second kappa shape index (κ2) is 4.67. The van der Waals surface area contributed by atoms with E-state index >= 15 is 0 Å². The molecular weight excluding hydrogens is 250 g/mol. The zero-order chi connectivity index (χ0) is 14.1. The van der Waals surface area contributed by atoms with E-state index in [0.717, 1.165) is 16.6 Å². The topological polar surface area (TPSA) is 59.4 Å². The van der Waals surface area contributed by atoms with Crippen LogP contribution in [0.2, 0.25) is 0 Å². The average Bonchev–Trinajstić information content (AvgIpc) is 3.01. The van der Waals surface area contributed by atoms with Crippen LogP contribution in [0.3, 0.4) is 0 Å². The van der Waals surface area contributed by atoms with E-state index in [0.29, 0.717) is 11.4 Å². The summed E-state index contributed by atoms with van der Waals surface area (Å²) in [6.45, 7) is 0. The van der Waals surface area contributed by atoms with Crippen molar-refractivity contribution in [2.45, 2.75) is 0 Å². The molecule has 3 aromatic rings. The van der Waals surface area contributed by atoms with Crippen LogP contribution in [0.15, 0.2) is 36.7 Å². The van der Waals surface area contributed by atoms with E-state index in [4.69, 9.17) is 0 Å². The predicted molar refractivity (Wildman–Crippen MR) is 77.4 cm³/mol. The Morgan fingerprint density at radius 2 is 2.10 bits per heavy atom. The SMILES string of the molecule is Cn1cc(C=C(C#N)c2nc3ccccc3n2C)cn1. The van der Waals surface area contributed by atoms with Crippen LogP contribution in [0.4, 0.5) is 0 Å². The zero-order valence-corrected chi connectivity index (χ0v) is 11.3. The van der Waals surface area contributed by atoms with Gasteiger partial charge in [0.1, 0.15) is 6.07 Å². The van der Waals surface area contributed by atoms with E-state index in [2.05, 4.69) is 16.2 Å². The first-order valence-corrected chi connectivity index (χ1v) is 6.21. The Kier molecular flexibility index (Phi) is 2.84. The Hall–Kier alpha value is -2.87. The van der Waals surface area contributed by atoms with Crippen molar-refractivity contribution in [2.24, 2.45) is 14.1 Å². The van der Waals surface area contributed by atoms with Crippen molar-refractivity contribution in [2.75, 3.05) is 0 Å². The highest BCUT2D eigenvalue weighted by Gasteiger charge is 2.11. The van der Waals surface area contributed by atoms with Gasteiger partial charge in [-0.25, -0.2) is 4.98 Å². The van der Waals surface area contributed by atoms with E-state index < -0.39 is 0 Å². The van der Waals surface area contributed by atoms with Crippen molar-refractivity contribution >= 4 is 22.7 Å². The van der Waals surface area contributed by atoms with Crippen molar-refractivity contribution in [1.82, 2.24) is 19.3 Å². The lowest BCUT2D eigenvalue weighted by molar-refractivity contribution is 0.767. The largest absolute Gasteiger partial charge is 0.327 e. The molecule has 5 heteroatoms. The number of benzene rings is 1. The Labute approximate surface area is 116 Å². The molecule has 0 unspecified atom stereocenters. The minimum Gasteiger partial charge on any atom is -0.327 e. The summed E-state index contributed by atoms with van der Waals surface area (Å²) in [4.78, 5) is 4.53. The van der Waals surface area contributed by atoms with Crippen LogP contribution in [0.25, 0.3) is 22.7 Å². The monoisotopic (exact) mass is 263 g/mol. The number of aryl methyl sites for hydroxylation is 2. The Balaban J connectivity index is 2.15. The van der Waals surface area contributed by atoms with Crippen LogP contribution >= 0.6 is 0 Å². The van der Waals surface area contributed by atoms with Gasteiger partial charge < -0.3 is 4.57 Å². The lowest BCUT2D eigenvalue weighted by Crippen LogP contribution is -1.95. The Bertz CT molecular complexity index is 845. The van der Waals surface area contributed by atoms with Gasteiger partial charge in [-0.15, -0.1) is 0 Å². The maximum absolute atomic E-state index is 9.40. The first-order valence-electron chi connectivity index (χ1n) is 6.21. The van der Waals surface area contributed by atoms with Crippen LogP contribution in [0, 0.1) is 11.3 Å². The summed E-state index contributed by atoms with van der Waals surface area (Å²) in [5.74, 6) is 0.664. The molecule has 0 spiro atoms. The zero-order valence-electron chi connectivity index (χ0n) is 11.3. The highest BCUT2D eigenvalue weighted by molar-refractivity contribution is 5.90. The molecule has 2 heterocycles. The first-order chi connectivity index (χ1) is 9.69. The first kappa shape index (κ1) is 12.2. The van der Waals surface area contributed by atoms with Crippen LogP contribution in [-0.2, 0) is 14.1 Å². The van der Waals surface area contributed by atoms with E-state index in [-0.39, 0.29) is 0 Å². The normalized spacial score (nSPS) is 11.8. The summed E-state index contributed by atoms with van der Waals surface area (Å²) < 4.78 is 3.64. The molecule has 0 saturated carbocycles. The van der Waals surface area contributed by atoms with Crippen molar-refractivity contribution in [3.05, 3.63) is 48.0 Å². The number of rotatable bonds is 2. The standard InChI is InChI=1S/C15H13N5/c1-19-10-11(9-17-19)7-12(8-16)15-18-13-5-3-4-6-14(13)20(15)2/h3-7,9-10H,1-2H3. The summed E-state index contributed by atoms with van der Waals surface area (Å²) >= 11 is 0. The Morgan fingerprint density at radius 3 is 2.75 bits per heavy atom. The maximum Gasteiger partial charge on any atom is 0.151 e. The van der Waals surface area contributed by atoms with Crippen LogP contribution in [0.5, 0.6) is 0 Å². The van der Waals surface area contributed by atoms with E-state index in [1.807, 2.05) is 49.1 Å². The minimum absolute atomic E-state index is 0.525. The number of hydrogen-bond donors (Lipinski definition) is 0. The number of allylic oxidation sites excluding steroid dienone is 1. The number of aromatic nitrogens is 4. The quantitative estimate of drug-likeness (QED) is 0.667. The van der Waals surface area contributed by atoms with Crippen LogP contribution < -0.4 is 0 Å². The average molecular weight is 263 g/mol. The van der Waals surface area contributed by atoms with Crippen molar-refractivity contribution < 1.29 is 0 Å². The molecule has 0 N–H and O–H groups in total. The molecule has 3 rings (SSSR count).